The van der Waals surface area contributed by atoms with Gasteiger partial charge in [0.2, 0.25) is 0 Å². The molecule has 4 rings (SSSR count). The molecule has 0 atom stereocenters. The topological polar surface area (TPSA) is 6.48 Å². The number of anilines is 2. The molecule has 2 aliphatic rings. The summed E-state index contributed by atoms with van der Waals surface area (Å²) in [6, 6.07) is 18.2. The highest BCUT2D eigenvalue weighted by molar-refractivity contribution is 5.82. The summed E-state index contributed by atoms with van der Waals surface area (Å²) in [5.74, 6) is 0. The molecule has 2 aliphatic heterocycles. The van der Waals surface area contributed by atoms with Gasteiger partial charge in [0.05, 0.1) is 0 Å². The average Bonchev–Trinajstić information content (AvgIpc) is 2.79. The van der Waals surface area contributed by atoms with Crippen LogP contribution in [0.4, 0.5) is 11.4 Å². The van der Waals surface area contributed by atoms with Gasteiger partial charge in [-0.25, -0.2) is 0 Å². The Kier molecular flexibility index (Phi) is 6.16. The van der Waals surface area contributed by atoms with Crippen LogP contribution in [0.5, 0.6) is 0 Å². The van der Waals surface area contributed by atoms with Crippen LogP contribution in [0.3, 0.4) is 0 Å². The molecule has 2 aromatic rings. The molecule has 0 radical (unpaired) electrons. The molecule has 0 unspecified atom stereocenters. The first kappa shape index (κ1) is 18.9. The van der Waals surface area contributed by atoms with Crippen molar-refractivity contribution >= 4 is 16.9 Å². The van der Waals surface area contributed by atoms with Crippen molar-refractivity contribution in [3.05, 3.63) is 78.4 Å². The molecular weight excluding hydrogens is 340 g/mol. The predicted octanol–water partition coefficient (Wildman–Crippen LogP) is 6.28. The lowest BCUT2D eigenvalue weighted by Gasteiger charge is -2.29. The van der Waals surface area contributed by atoms with Crippen molar-refractivity contribution in [3.8, 4) is 0 Å². The van der Waals surface area contributed by atoms with E-state index >= 15 is 0 Å². The summed E-state index contributed by atoms with van der Waals surface area (Å²) in [5, 5.41) is 0. The summed E-state index contributed by atoms with van der Waals surface area (Å²) in [6.45, 7) is 8.69. The fraction of sp³-hybridized carbons (Fsp3) is 0.385. The molecule has 0 bridgehead atoms. The molecule has 2 fully saturated rings. The molecular formula is C26H32N2. The van der Waals surface area contributed by atoms with Gasteiger partial charge in [0.1, 0.15) is 0 Å². The van der Waals surface area contributed by atoms with Gasteiger partial charge in [-0.05, 0) is 79.5 Å². The second-order valence-electron chi connectivity index (χ2n) is 8.01. The van der Waals surface area contributed by atoms with Gasteiger partial charge in [-0.3, -0.25) is 0 Å². The Hall–Kier alpha value is -2.48. The monoisotopic (exact) mass is 372 g/mol. The smallest absolute Gasteiger partial charge is 0.0366 e. The fourth-order valence-corrected chi connectivity index (χ4v) is 4.48. The van der Waals surface area contributed by atoms with Gasteiger partial charge >= 0.3 is 0 Å². The lowest BCUT2D eigenvalue weighted by molar-refractivity contribution is 0.578. The zero-order valence-electron chi connectivity index (χ0n) is 16.9. The van der Waals surface area contributed by atoms with Crippen molar-refractivity contribution in [2.24, 2.45) is 0 Å². The fourth-order valence-electron chi connectivity index (χ4n) is 4.48. The summed E-state index contributed by atoms with van der Waals surface area (Å²) < 4.78 is 0. The summed E-state index contributed by atoms with van der Waals surface area (Å²) in [5.41, 5.74) is 6.45. The minimum absolute atomic E-state index is 1.19. The molecule has 0 spiro atoms. The molecule has 2 nitrogen and oxygen atoms in total. The Morgan fingerprint density at radius 2 is 1.00 bits per heavy atom. The Morgan fingerprint density at radius 3 is 1.36 bits per heavy atom. The van der Waals surface area contributed by atoms with Crippen LogP contribution in [-0.4, -0.2) is 26.2 Å². The number of rotatable bonds is 5. The zero-order valence-corrected chi connectivity index (χ0v) is 16.9. The van der Waals surface area contributed by atoms with Gasteiger partial charge in [0.15, 0.2) is 0 Å². The van der Waals surface area contributed by atoms with Crippen LogP contribution in [0.1, 0.15) is 49.7 Å². The summed E-state index contributed by atoms with van der Waals surface area (Å²) in [4.78, 5) is 5.02. The van der Waals surface area contributed by atoms with E-state index in [0.29, 0.717) is 0 Å². The Morgan fingerprint density at radius 1 is 0.607 bits per heavy atom. The highest BCUT2D eigenvalue weighted by Gasteiger charge is 2.13. The van der Waals surface area contributed by atoms with Crippen molar-refractivity contribution in [2.75, 3.05) is 36.0 Å². The van der Waals surface area contributed by atoms with Gasteiger partial charge in [0, 0.05) is 37.6 Å². The van der Waals surface area contributed by atoms with Gasteiger partial charge in [-0.1, -0.05) is 43.0 Å². The van der Waals surface area contributed by atoms with E-state index in [0.717, 1.165) is 0 Å². The molecule has 0 aromatic heterocycles. The molecule has 2 heterocycles. The van der Waals surface area contributed by atoms with Crippen LogP contribution < -0.4 is 9.80 Å². The number of hydrogen-bond donors (Lipinski definition) is 0. The first-order valence-electron chi connectivity index (χ1n) is 10.9. The third kappa shape index (κ3) is 4.32. The van der Waals surface area contributed by atoms with Crippen LogP contribution in [-0.2, 0) is 0 Å². The molecule has 2 heteroatoms. The van der Waals surface area contributed by atoms with Crippen LogP contribution in [0, 0.1) is 0 Å². The number of nitrogens with zero attached hydrogens (tertiary/aromatic N) is 2. The average molecular weight is 373 g/mol. The molecule has 0 N–H and O–H groups in total. The van der Waals surface area contributed by atoms with Crippen molar-refractivity contribution in [1.82, 2.24) is 0 Å². The Labute approximate surface area is 170 Å². The van der Waals surface area contributed by atoms with E-state index in [-0.39, 0.29) is 0 Å². The van der Waals surface area contributed by atoms with Crippen molar-refractivity contribution in [1.29, 1.82) is 0 Å². The zero-order chi connectivity index (χ0) is 19.2. The number of benzene rings is 2. The quantitative estimate of drug-likeness (QED) is 0.570. The first-order chi connectivity index (χ1) is 13.8. The lowest BCUT2D eigenvalue weighted by Crippen LogP contribution is -2.29. The molecule has 0 aliphatic carbocycles. The number of piperidine rings is 2. The first-order valence-corrected chi connectivity index (χ1v) is 10.9. The van der Waals surface area contributed by atoms with Gasteiger partial charge in [0.25, 0.3) is 0 Å². The van der Waals surface area contributed by atoms with Gasteiger partial charge < -0.3 is 9.80 Å². The van der Waals surface area contributed by atoms with E-state index in [1.807, 2.05) is 6.08 Å². The largest absolute Gasteiger partial charge is 0.372 e. The Balaban J connectivity index is 1.53. The van der Waals surface area contributed by atoms with Crippen LogP contribution >= 0.6 is 0 Å². The molecule has 146 valence electrons. The third-order valence-electron chi connectivity index (χ3n) is 6.08. The van der Waals surface area contributed by atoms with Crippen molar-refractivity contribution in [2.45, 2.75) is 38.5 Å². The van der Waals surface area contributed by atoms with E-state index in [2.05, 4.69) is 71.0 Å². The highest BCUT2D eigenvalue weighted by Crippen LogP contribution is 2.29. The maximum absolute atomic E-state index is 3.94. The van der Waals surface area contributed by atoms with Gasteiger partial charge in [-0.2, -0.15) is 0 Å². The summed E-state index contributed by atoms with van der Waals surface area (Å²) in [6.07, 6.45) is 12.0. The minimum atomic E-state index is 1.19. The normalized spacial score (nSPS) is 17.3. The van der Waals surface area contributed by atoms with Crippen molar-refractivity contribution < 1.29 is 0 Å². The number of allylic oxidation sites excluding steroid dienone is 2. The molecule has 2 saturated heterocycles. The summed E-state index contributed by atoms with van der Waals surface area (Å²) in [7, 11) is 0. The van der Waals surface area contributed by atoms with Crippen LogP contribution in [0.15, 0.2) is 67.3 Å². The van der Waals surface area contributed by atoms with Crippen molar-refractivity contribution in [3.63, 3.8) is 0 Å². The van der Waals surface area contributed by atoms with E-state index in [9.17, 15) is 0 Å². The molecule has 2 aromatic carbocycles. The Bertz CT molecular complexity index is 726. The third-order valence-corrected chi connectivity index (χ3v) is 6.08. The molecule has 28 heavy (non-hydrogen) atoms. The van der Waals surface area contributed by atoms with Gasteiger partial charge in [-0.15, -0.1) is 0 Å². The van der Waals surface area contributed by atoms with E-state index < -0.39 is 0 Å². The molecule has 0 saturated carbocycles. The van der Waals surface area contributed by atoms with Crippen LogP contribution in [0.2, 0.25) is 0 Å². The molecule has 0 amide bonds. The second kappa shape index (κ2) is 9.14. The lowest BCUT2D eigenvalue weighted by atomic mass is 9.96. The maximum Gasteiger partial charge on any atom is 0.0366 e. The summed E-state index contributed by atoms with van der Waals surface area (Å²) >= 11 is 0. The standard InChI is InChI=1S/C26H32N2/c1-2-9-26(22-10-14-24(15-11-22)27-18-5-3-6-19-27)23-12-16-25(17-13-23)28-20-7-4-8-21-28/h2,9-17H,1,3-8,18-21H2. The predicted molar refractivity (Wildman–Crippen MR) is 122 cm³/mol. The van der Waals surface area contributed by atoms with E-state index in [4.69, 9.17) is 0 Å². The SMILES string of the molecule is C=CC=C(c1ccc(N2CCCCC2)cc1)c1ccc(N2CCCCC2)cc1. The minimum Gasteiger partial charge on any atom is -0.372 e. The van der Waals surface area contributed by atoms with Crippen LogP contribution in [0.25, 0.3) is 5.57 Å². The maximum atomic E-state index is 3.94. The highest BCUT2D eigenvalue weighted by atomic mass is 15.1. The van der Waals surface area contributed by atoms with E-state index in [1.54, 1.807) is 0 Å². The van der Waals surface area contributed by atoms with E-state index in [1.165, 1.54) is 92.8 Å². The second-order valence-corrected chi connectivity index (χ2v) is 8.01. The number of hydrogen-bond acceptors (Lipinski definition) is 2.